The monoisotopic (exact) mass is 358 g/mol. The van der Waals surface area contributed by atoms with E-state index >= 15 is 0 Å². The highest BCUT2D eigenvalue weighted by Gasteiger charge is 2.21. The fourth-order valence-electron chi connectivity index (χ4n) is 3.59. The second kappa shape index (κ2) is 8.21. The van der Waals surface area contributed by atoms with Crippen molar-refractivity contribution < 1.29 is 14.3 Å². The molecule has 0 saturated heterocycles. The number of methoxy groups -OCH3 is 2. The van der Waals surface area contributed by atoms with Gasteiger partial charge in [0.15, 0.2) is 0 Å². The zero-order valence-electron chi connectivity index (χ0n) is 15.6. The van der Waals surface area contributed by atoms with E-state index in [-0.39, 0.29) is 11.8 Å². The number of nitrogens with one attached hydrogen (secondary N) is 1. The first-order chi connectivity index (χ1) is 12.6. The van der Waals surface area contributed by atoms with Gasteiger partial charge in [-0.05, 0) is 25.8 Å². The van der Waals surface area contributed by atoms with Gasteiger partial charge in [-0.3, -0.25) is 4.79 Å². The van der Waals surface area contributed by atoms with E-state index in [0.29, 0.717) is 30.5 Å². The SMILES string of the molecule is COc1ccc(C(=O)NCCc2ncc(C)n2C2CCCC2)c(OC)n1. The third kappa shape index (κ3) is 3.81. The minimum absolute atomic E-state index is 0.215. The first-order valence-electron chi connectivity index (χ1n) is 9.04. The highest BCUT2D eigenvalue weighted by Crippen LogP contribution is 2.31. The number of ether oxygens (including phenoxy) is 2. The van der Waals surface area contributed by atoms with Gasteiger partial charge in [0.2, 0.25) is 11.8 Å². The van der Waals surface area contributed by atoms with Crippen LogP contribution in [0, 0.1) is 6.92 Å². The van der Waals surface area contributed by atoms with Crippen LogP contribution in [-0.4, -0.2) is 41.2 Å². The number of hydrogen-bond acceptors (Lipinski definition) is 5. The summed E-state index contributed by atoms with van der Waals surface area (Å²) in [6.07, 6.45) is 7.61. The molecule has 1 aliphatic carbocycles. The quantitative estimate of drug-likeness (QED) is 0.823. The van der Waals surface area contributed by atoms with Crippen molar-refractivity contribution in [2.45, 2.75) is 45.1 Å². The predicted molar refractivity (Wildman–Crippen MR) is 97.8 cm³/mol. The van der Waals surface area contributed by atoms with Gasteiger partial charge in [0.25, 0.3) is 5.91 Å². The Morgan fingerprint density at radius 2 is 2.04 bits per heavy atom. The van der Waals surface area contributed by atoms with Gasteiger partial charge in [-0.25, -0.2) is 4.98 Å². The van der Waals surface area contributed by atoms with Gasteiger partial charge in [0.1, 0.15) is 11.4 Å². The molecule has 0 spiro atoms. The highest BCUT2D eigenvalue weighted by atomic mass is 16.5. The lowest BCUT2D eigenvalue weighted by molar-refractivity contribution is 0.0950. The van der Waals surface area contributed by atoms with Crippen molar-refractivity contribution in [2.24, 2.45) is 0 Å². The van der Waals surface area contributed by atoms with Crippen LogP contribution < -0.4 is 14.8 Å². The molecule has 0 radical (unpaired) electrons. The number of aromatic nitrogens is 3. The Bertz CT molecular complexity index is 766. The summed E-state index contributed by atoms with van der Waals surface area (Å²) in [5, 5.41) is 2.93. The third-order valence-electron chi connectivity index (χ3n) is 4.86. The Morgan fingerprint density at radius 3 is 2.73 bits per heavy atom. The molecule has 2 aromatic rings. The van der Waals surface area contributed by atoms with Crippen LogP contribution in [0.3, 0.4) is 0 Å². The number of carbonyl (C=O) groups excluding carboxylic acids is 1. The molecule has 0 bridgehead atoms. The number of hydrogen-bond donors (Lipinski definition) is 1. The van der Waals surface area contributed by atoms with Crippen LogP contribution in [-0.2, 0) is 6.42 Å². The van der Waals surface area contributed by atoms with Crippen LogP contribution in [0.1, 0.15) is 53.6 Å². The molecule has 7 heteroatoms. The number of amides is 1. The van der Waals surface area contributed by atoms with Crippen molar-refractivity contribution in [3.05, 3.63) is 35.4 Å². The molecule has 3 rings (SSSR count). The molecule has 2 aromatic heterocycles. The molecular formula is C19H26N4O3. The second-order valence-corrected chi connectivity index (χ2v) is 6.54. The summed E-state index contributed by atoms with van der Waals surface area (Å²) in [5.74, 6) is 1.49. The summed E-state index contributed by atoms with van der Waals surface area (Å²) in [6, 6.07) is 3.85. The van der Waals surface area contributed by atoms with Gasteiger partial charge in [-0.2, -0.15) is 4.98 Å². The van der Waals surface area contributed by atoms with Crippen molar-refractivity contribution in [2.75, 3.05) is 20.8 Å². The fraction of sp³-hybridized carbons (Fsp3) is 0.526. The van der Waals surface area contributed by atoms with Crippen molar-refractivity contribution in [3.63, 3.8) is 0 Å². The number of pyridine rings is 1. The molecule has 0 aliphatic heterocycles. The summed E-state index contributed by atoms with van der Waals surface area (Å²) in [7, 11) is 3.01. The minimum atomic E-state index is -0.215. The maximum atomic E-state index is 12.5. The third-order valence-corrected chi connectivity index (χ3v) is 4.86. The van der Waals surface area contributed by atoms with Gasteiger partial charge in [0, 0.05) is 37.0 Å². The lowest BCUT2D eigenvalue weighted by Crippen LogP contribution is -2.27. The molecule has 0 aromatic carbocycles. The summed E-state index contributed by atoms with van der Waals surface area (Å²) in [6.45, 7) is 2.61. The van der Waals surface area contributed by atoms with Gasteiger partial charge >= 0.3 is 0 Å². The van der Waals surface area contributed by atoms with Crippen molar-refractivity contribution in [3.8, 4) is 11.8 Å². The Balaban J connectivity index is 1.63. The van der Waals surface area contributed by atoms with E-state index in [1.54, 1.807) is 12.1 Å². The van der Waals surface area contributed by atoms with E-state index in [1.807, 2.05) is 6.20 Å². The average molecular weight is 358 g/mol. The Morgan fingerprint density at radius 1 is 1.27 bits per heavy atom. The summed E-state index contributed by atoms with van der Waals surface area (Å²) in [4.78, 5) is 21.2. The van der Waals surface area contributed by atoms with Crippen LogP contribution in [0.4, 0.5) is 0 Å². The van der Waals surface area contributed by atoms with Crippen LogP contribution in [0.25, 0.3) is 0 Å². The van der Waals surface area contributed by atoms with Gasteiger partial charge in [-0.15, -0.1) is 0 Å². The van der Waals surface area contributed by atoms with E-state index in [9.17, 15) is 4.79 Å². The van der Waals surface area contributed by atoms with E-state index in [2.05, 4.69) is 26.8 Å². The summed E-state index contributed by atoms with van der Waals surface area (Å²) in [5.41, 5.74) is 1.59. The minimum Gasteiger partial charge on any atom is -0.481 e. The van der Waals surface area contributed by atoms with Gasteiger partial charge < -0.3 is 19.4 Å². The lowest BCUT2D eigenvalue weighted by Gasteiger charge is -2.17. The first kappa shape index (κ1) is 18.2. The number of imidazole rings is 1. The summed E-state index contributed by atoms with van der Waals surface area (Å²) >= 11 is 0. The van der Waals surface area contributed by atoms with Crippen molar-refractivity contribution in [1.29, 1.82) is 0 Å². The lowest BCUT2D eigenvalue weighted by atomic mass is 10.2. The molecular weight excluding hydrogens is 332 g/mol. The van der Waals surface area contributed by atoms with Crippen molar-refractivity contribution >= 4 is 5.91 Å². The van der Waals surface area contributed by atoms with E-state index in [4.69, 9.17) is 9.47 Å². The van der Waals surface area contributed by atoms with Crippen LogP contribution in [0.15, 0.2) is 18.3 Å². The maximum Gasteiger partial charge on any atom is 0.256 e. The molecule has 140 valence electrons. The molecule has 26 heavy (non-hydrogen) atoms. The normalized spacial score (nSPS) is 14.4. The molecule has 1 N–H and O–H groups in total. The standard InChI is InChI=1S/C19H26N4O3/c1-13-12-21-16(23(13)14-6-4-5-7-14)10-11-20-18(24)15-8-9-17(25-2)22-19(15)26-3/h8-9,12,14H,4-7,10-11H2,1-3H3,(H,20,24). The number of rotatable bonds is 7. The maximum absolute atomic E-state index is 12.5. The van der Waals surface area contributed by atoms with Crippen LogP contribution in [0.5, 0.6) is 11.8 Å². The van der Waals surface area contributed by atoms with E-state index < -0.39 is 0 Å². The second-order valence-electron chi connectivity index (χ2n) is 6.54. The Labute approximate surface area is 153 Å². The van der Waals surface area contributed by atoms with Gasteiger partial charge in [-0.1, -0.05) is 12.8 Å². The molecule has 2 heterocycles. The summed E-state index contributed by atoms with van der Waals surface area (Å²) < 4.78 is 12.6. The molecule has 0 unspecified atom stereocenters. The molecule has 1 amide bonds. The Hall–Kier alpha value is -2.57. The molecule has 1 fully saturated rings. The molecule has 7 nitrogen and oxygen atoms in total. The molecule has 1 saturated carbocycles. The van der Waals surface area contributed by atoms with E-state index in [0.717, 1.165) is 5.82 Å². The zero-order valence-corrected chi connectivity index (χ0v) is 15.6. The smallest absolute Gasteiger partial charge is 0.256 e. The largest absolute Gasteiger partial charge is 0.481 e. The predicted octanol–water partition coefficient (Wildman–Crippen LogP) is 2.69. The molecule has 0 atom stereocenters. The number of carbonyl (C=O) groups is 1. The highest BCUT2D eigenvalue weighted by molar-refractivity contribution is 5.96. The average Bonchev–Trinajstić information content (AvgIpc) is 3.30. The zero-order chi connectivity index (χ0) is 18.5. The van der Waals surface area contributed by atoms with Crippen molar-refractivity contribution in [1.82, 2.24) is 19.9 Å². The van der Waals surface area contributed by atoms with Crippen LogP contribution in [0.2, 0.25) is 0 Å². The van der Waals surface area contributed by atoms with Gasteiger partial charge in [0.05, 0.1) is 14.2 Å². The Kier molecular flexibility index (Phi) is 5.75. The number of aryl methyl sites for hydroxylation is 1. The first-order valence-corrected chi connectivity index (χ1v) is 9.04. The molecule has 1 aliphatic rings. The number of nitrogens with zero attached hydrogens (tertiary/aromatic N) is 3. The topological polar surface area (TPSA) is 78.3 Å². The van der Waals surface area contributed by atoms with Crippen LogP contribution >= 0.6 is 0 Å². The van der Waals surface area contributed by atoms with E-state index in [1.165, 1.54) is 45.6 Å². The fourth-order valence-corrected chi connectivity index (χ4v) is 3.59.